The molecular formula is C18H28N2. The summed E-state index contributed by atoms with van der Waals surface area (Å²) >= 11 is 0. The zero-order valence-corrected chi connectivity index (χ0v) is 12.8. The Bertz CT molecular complexity index is 433. The second-order valence-electron chi connectivity index (χ2n) is 6.72. The van der Waals surface area contributed by atoms with Crippen molar-refractivity contribution >= 4 is 5.69 Å². The fourth-order valence-electron chi connectivity index (χ4n) is 3.71. The van der Waals surface area contributed by atoms with Crippen molar-refractivity contribution in [1.29, 1.82) is 0 Å². The molecule has 0 aromatic heterocycles. The largest absolute Gasteiger partial charge is 0.384 e. The Hall–Kier alpha value is -1.02. The van der Waals surface area contributed by atoms with E-state index >= 15 is 0 Å². The van der Waals surface area contributed by atoms with Crippen LogP contribution in [-0.4, -0.2) is 13.1 Å². The highest BCUT2D eigenvalue weighted by atomic mass is 14.9. The monoisotopic (exact) mass is 272 g/mol. The normalized spacial score (nSPS) is 25.2. The summed E-state index contributed by atoms with van der Waals surface area (Å²) < 4.78 is 0. The van der Waals surface area contributed by atoms with E-state index in [1.807, 2.05) is 0 Å². The maximum absolute atomic E-state index is 3.65. The molecule has 110 valence electrons. The zero-order chi connectivity index (χ0) is 13.8. The molecule has 0 radical (unpaired) electrons. The smallest absolute Gasteiger partial charge is 0.0419 e. The Morgan fingerprint density at radius 2 is 2.05 bits per heavy atom. The van der Waals surface area contributed by atoms with E-state index < -0.39 is 0 Å². The Morgan fingerprint density at radius 3 is 2.90 bits per heavy atom. The van der Waals surface area contributed by atoms with Gasteiger partial charge in [0.15, 0.2) is 0 Å². The average molecular weight is 272 g/mol. The zero-order valence-electron chi connectivity index (χ0n) is 12.8. The van der Waals surface area contributed by atoms with Gasteiger partial charge in [0, 0.05) is 18.8 Å². The van der Waals surface area contributed by atoms with Gasteiger partial charge in [-0.25, -0.2) is 0 Å². The number of benzene rings is 1. The fourth-order valence-corrected chi connectivity index (χ4v) is 3.71. The van der Waals surface area contributed by atoms with Crippen molar-refractivity contribution < 1.29 is 0 Å². The standard InChI is InChI=1S/C18H28N2/c1-14-5-7-15(8-6-14)9-11-19-13-17-4-2-3-16-10-12-20-18(16)17/h2-4,14-15,19-20H,5-13H2,1H3. The van der Waals surface area contributed by atoms with Crippen LogP contribution >= 0.6 is 0 Å². The first-order valence-electron chi connectivity index (χ1n) is 8.38. The van der Waals surface area contributed by atoms with Gasteiger partial charge in [-0.3, -0.25) is 0 Å². The van der Waals surface area contributed by atoms with Crippen LogP contribution in [0.5, 0.6) is 0 Å². The lowest BCUT2D eigenvalue weighted by atomic mass is 9.81. The van der Waals surface area contributed by atoms with Gasteiger partial charge in [0.25, 0.3) is 0 Å². The van der Waals surface area contributed by atoms with E-state index in [-0.39, 0.29) is 0 Å². The maximum Gasteiger partial charge on any atom is 0.0419 e. The van der Waals surface area contributed by atoms with Gasteiger partial charge in [-0.15, -0.1) is 0 Å². The molecule has 2 aliphatic rings. The molecule has 0 atom stereocenters. The second-order valence-corrected chi connectivity index (χ2v) is 6.72. The first-order chi connectivity index (χ1) is 9.83. The van der Waals surface area contributed by atoms with Crippen LogP contribution in [0.25, 0.3) is 0 Å². The molecule has 1 aromatic carbocycles. The van der Waals surface area contributed by atoms with Gasteiger partial charge in [0.1, 0.15) is 0 Å². The van der Waals surface area contributed by atoms with Crippen molar-refractivity contribution in [2.24, 2.45) is 11.8 Å². The maximum atomic E-state index is 3.65. The fraction of sp³-hybridized carbons (Fsp3) is 0.667. The number of rotatable bonds is 5. The second kappa shape index (κ2) is 6.62. The van der Waals surface area contributed by atoms with E-state index in [0.29, 0.717) is 0 Å². The van der Waals surface area contributed by atoms with E-state index in [4.69, 9.17) is 0 Å². The molecule has 0 unspecified atom stereocenters. The van der Waals surface area contributed by atoms with Crippen LogP contribution in [-0.2, 0) is 13.0 Å². The summed E-state index contributed by atoms with van der Waals surface area (Å²) in [4.78, 5) is 0. The van der Waals surface area contributed by atoms with Crippen molar-refractivity contribution in [1.82, 2.24) is 5.32 Å². The summed E-state index contributed by atoms with van der Waals surface area (Å²) in [6, 6.07) is 6.71. The predicted molar refractivity (Wildman–Crippen MR) is 86.1 cm³/mol. The highest BCUT2D eigenvalue weighted by molar-refractivity contribution is 5.61. The van der Waals surface area contributed by atoms with E-state index in [2.05, 4.69) is 35.8 Å². The van der Waals surface area contributed by atoms with Crippen LogP contribution in [0, 0.1) is 11.8 Å². The summed E-state index contributed by atoms with van der Waals surface area (Å²) in [6.07, 6.45) is 8.33. The number of fused-ring (bicyclic) bond motifs is 1. The lowest BCUT2D eigenvalue weighted by Crippen LogP contribution is -2.21. The third-order valence-electron chi connectivity index (χ3n) is 5.11. The Morgan fingerprint density at radius 1 is 1.20 bits per heavy atom. The third kappa shape index (κ3) is 3.35. The molecule has 1 aliphatic carbocycles. The van der Waals surface area contributed by atoms with E-state index in [0.717, 1.165) is 24.9 Å². The van der Waals surface area contributed by atoms with Gasteiger partial charge >= 0.3 is 0 Å². The predicted octanol–water partition coefficient (Wildman–Crippen LogP) is 3.96. The Labute approximate surface area is 123 Å². The minimum atomic E-state index is 0.970. The molecule has 1 aliphatic heterocycles. The average Bonchev–Trinajstić information content (AvgIpc) is 2.94. The summed E-state index contributed by atoms with van der Waals surface area (Å²) in [7, 11) is 0. The molecule has 20 heavy (non-hydrogen) atoms. The first kappa shape index (κ1) is 13.9. The van der Waals surface area contributed by atoms with Crippen molar-refractivity contribution in [3.8, 4) is 0 Å². The first-order valence-corrected chi connectivity index (χ1v) is 8.38. The molecule has 2 N–H and O–H groups in total. The van der Waals surface area contributed by atoms with Crippen molar-refractivity contribution in [2.45, 2.75) is 52.0 Å². The van der Waals surface area contributed by atoms with Crippen LogP contribution < -0.4 is 10.6 Å². The van der Waals surface area contributed by atoms with Gasteiger partial charge in [-0.2, -0.15) is 0 Å². The molecule has 2 nitrogen and oxygen atoms in total. The lowest BCUT2D eigenvalue weighted by molar-refractivity contribution is 0.275. The van der Waals surface area contributed by atoms with Gasteiger partial charge in [-0.1, -0.05) is 50.8 Å². The van der Waals surface area contributed by atoms with Crippen LogP contribution in [0.1, 0.15) is 50.2 Å². The van der Waals surface area contributed by atoms with Crippen molar-refractivity contribution in [2.75, 3.05) is 18.4 Å². The summed E-state index contributed by atoms with van der Waals surface area (Å²) in [5, 5.41) is 7.17. The molecule has 2 heteroatoms. The summed E-state index contributed by atoms with van der Waals surface area (Å²) in [6.45, 7) is 5.69. The Balaban J connectivity index is 1.41. The van der Waals surface area contributed by atoms with Gasteiger partial charge in [0.2, 0.25) is 0 Å². The van der Waals surface area contributed by atoms with Crippen molar-refractivity contribution in [3.63, 3.8) is 0 Å². The molecule has 0 bridgehead atoms. The molecule has 0 amide bonds. The van der Waals surface area contributed by atoms with E-state index in [1.54, 1.807) is 0 Å². The van der Waals surface area contributed by atoms with E-state index in [1.165, 1.54) is 61.9 Å². The molecule has 3 rings (SSSR count). The highest BCUT2D eigenvalue weighted by Gasteiger charge is 2.18. The SMILES string of the molecule is CC1CCC(CCNCc2cccc3c2NCC3)CC1. The number of hydrogen-bond donors (Lipinski definition) is 2. The molecule has 0 spiro atoms. The minimum Gasteiger partial charge on any atom is -0.384 e. The number of para-hydroxylation sites is 1. The van der Waals surface area contributed by atoms with Crippen LogP contribution in [0.4, 0.5) is 5.69 Å². The van der Waals surface area contributed by atoms with Crippen molar-refractivity contribution in [3.05, 3.63) is 29.3 Å². The number of anilines is 1. The van der Waals surface area contributed by atoms with Crippen LogP contribution in [0.15, 0.2) is 18.2 Å². The topological polar surface area (TPSA) is 24.1 Å². The summed E-state index contributed by atoms with van der Waals surface area (Å²) in [5.74, 6) is 1.94. The molecular weight excluding hydrogens is 244 g/mol. The minimum absolute atomic E-state index is 0.970. The number of nitrogens with one attached hydrogen (secondary N) is 2. The van der Waals surface area contributed by atoms with Crippen LogP contribution in [0.2, 0.25) is 0 Å². The van der Waals surface area contributed by atoms with Gasteiger partial charge in [0.05, 0.1) is 0 Å². The quantitative estimate of drug-likeness (QED) is 0.793. The third-order valence-corrected chi connectivity index (χ3v) is 5.11. The molecule has 1 aromatic rings. The van der Waals surface area contributed by atoms with Gasteiger partial charge < -0.3 is 10.6 Å². The number of hydrogen-bond acceptors (Lipinski definition) is 2. The molecule has 1 heterocycles. The molecule has 0 saturated heterocycles. The Kier molecular flexibility index (Phi) is 4.62. The lowest BCUT2D eigenvalue weighted by Gasteiger charge is -2.26. The van der Waals surface area contributed by atoms with E-state index in [9.17, 15) is 0 Å². The molecule has 1 fully saturated rings. The van der Waals surface area contributed by atoms with Gasteiger partial charge in [-0.05, 0) is 42.3 Å². The summed E-state index contributed by atoms with van der Waals surface area (Å²) in [5.41, 5.74) is 4.33. The van der Waals surface area contributed by atoms with Crippen LogP contribution in [0.3, 0.4) is 0 Å². The highest BCUT2D eigenvalue weighted by Crippen LogP contribution is 2.30. The molecule has 1 saturated carbocycles.